The van der Waals surface area contributed by atoms with Crippen molar-refractivity contribution in [3.8, 4) is 11.4 Å². The number of fused-ring (bicyclic) bond motifs is 5. The molecule has 1 amide bonds. The quantitative estimate of drug-likeness (QED) is 0.587. The standard InChI is InChI=1S/C27H27N3O5/c1-2-27(34)19-13-22-24-17(12-16-8-4-5-9-20(16)28-24)21(14-23(31)29-10-6-3-7-11-29)30(22)25(32)18(19)15-35-26(27)33/h4-5,8-9,12-13,21,34H,2-3,6-7,10-11,14-15H2,1H3/t21?,27-/m0/s1. The Bertz CT molecular complexity index is 1440. The van der Waals surface area contributed by atoms with Crippen LogP contribution in [-0.2, 0) is 26.5 Å². The van der Waals surface area contributed by atoms with Crippen molar-refractivity contribution in [2.75, 3.05) is 13.1 Å². The molecule has 0 bridgehead atoms. The van der Waals surface area contributed by atoms with Gasteiger partial charge in [0, 0.05) is 29.6 Å². The predicted octanol–water partition coefficient (Wildman–Crippen LogP) is 3.02. The molecule has 5 heterocycles. The molecule has 1 aromatic carbocycles. The number of nitrogens with zero attached hydrogens (tertiary/aromatic N) is 3. The van der Waals surface area contributed by atoms with E-state index in [1.54, 1.807) is 17.6 Å². The van der Waals surface area contributed by atoms with Crippen LogP contribution in [0.5, 0.6) is 0 Å². The number of ether oxygens (including phenoxy) is 1. The fraction of sp³-hybridized carbons (Fsp3) is 0.407. The summed E-state index contributed by atoms with van der Waals surface area (Å²) in [5.74, 6) is -0.735. The summed E-state index contributed by atoms with van der Waals surface area (Å²) in [6, 6.07) is 10.9. The van der Waals surface area contributed by atoms with E-state index in [0.717, 1.165) is 48.8 Å². The lowest BCUT2D eigenvalue weighted by Gasteiger charge is -2.32. The molecule has 8 nitrogen and oxygen atoms in total. The Hall–Kier alpha value is -3.52. The predicted molar refractivity (Wildman–Crippen MR) is 129 cm³/mol. The third-order valence-electron chi connectivity index (χ3n) is 7.73. The molecule has 3 aliphatic heterocycles. The van der Waals surface area contributed by atoms with Gasteiger partial charge in [0.05, 0.1) is 34.9 Å². The molecule has 1 unspecified atom stereocenters. The number of cyclic esters (lactones) is 1. The fourth-order valence-electron chi connectivity index (χ4n) is 5.74. The Morgan fingerprint density at radius 1 is 1.17 bits per heavy atom. The van der Waals surface area contributed by atoms with Crippen molar-refractivity contribution in [1.29, 1.82) is 0 Å². The van der Waals surface area contributed by atoms with Gasteiger partial charge in [-0.3, -0.25) is 14.2 Å². The van der Waals surface area contributed by atoms with E-state index in [-0.39, 0.29) is 42.0 Å². The third-order valence-corrected chi connectivity index (χ3v) is 7.73. The van der Waals surface area contributed by atoms with Crippen LogP contribution in [-0.4, -0.2) is 44.5 Å². The van der Waals surface area contributed by atoms with E-state index in [4.69, 9.17) is 9.72 Å². The molecule has 1 fully saturated rings. The molecule has 0 saturated carbocycles. The number of rotatable bonds is 3. The van der Waals surface area contributed by atoms with E-state index < -0.39 is 17.6 Å². The zero-order valence-corrected chi connectivity index (χ0v) is 19.6. The number of hydrogen-bond donors (Lipinski definition) is 1. The molecule has 3 aliphatic rings. The molecule has 180 valence electrons. The summed E-state index contributed by atoms with van der Waals surface area (Å²) in [5, 5.41) is 12.1. The average Bonchev–Trinajstić information content (AvgIpc) is 3.18. The molecule has 6 rings (SSSR count). The molecule has 35 heavy (non-hydrogen) atoms. The number of aromatic nitrogens is 2. The van der Waals surface area contributed by atoms with Crippen molar-refractivity contribution in [1.82, 2.24) is 14.5 Å². The summed E-state index contributed by atoms with van der Waals surface area (Å²) in [5.41, 5.74) is 1.00. The van der Waals surface area contributed by atoms with Gasteiger partial charge in [-0.05, 0) is 43.9 Å². The van der Waals surface area contributed by atoms with Gasteiger partial charge in [0.15, 0.2) is 5.60 Å². The van der Waals surface area contributed by atoms with Gasteiger partial charge >= 0.3 is 5.97 Å². The molecule has 2 aromatic heterocycles. The molecule has 2 atom stereocenters. The number of carbonyl (C=O) groups is 2. The summed E-state index contributed by atoms with van der Waals surface area (Å²) in [6.45, 7) is 2.95. The Kier molecular flexibility index (Phi) is 5.03. The van der Waals surface area contributed by atoms with Gasteiger partial charge in [-0.1, -0.05) is 25.1 Å². The number of pyridine rings is 2. The summed E-state index contributed by atoms with van der Waals surface area (Å²) in [4.78, 5) is 46.4. The normalized spacial score (nSPS) is 23.0. The zero-order valence-electron chi connectivity index (χ0n) is 19.6. The van der Waals surface area contributed by atoms with Crippen LogP contribution in [0, 0.1) is 0 Å². The summed E-state index contributed by atoms with van der Waals surface area (Å²) < 4.78 is 6.83. The number of carbonyl (C=O) groups excluding carboxylic acids is 2. The first-order chi connectivity index (χ1) is 16.9. The molecule has 3 aromatic rings. The largest absolute Gasteiger partial charge is 0.458 e. The first-order valence-electron chi connectivity index (χ1n) is 12.3. The number of amides is 1. The van der Waals surface area contributed by atoms with Gasteiger partial charge in [-0.2, -0.15) is 0 Å². The second kappa shape index (κ2) is 8.02. The lowest BCUT2D eigenvalue weighted by Crippen LogP contribution is -2.45. The lowest BCUT2D eigenvalue weighted by atomic mass is 9.86. The summed E-state index contributed by atoms with van der Waals surface area (Å²) in [6.07, 6.45) is 3.33. The van der Waals surface area contributed by atoms with Crippen LogP contribution in [0.4, 0.5) is 0 Å². The minimum atomic E-state index is -1.89. The van der Waals surface area contributed by atoms with Gasteiger partial charge in [0.1, 0.15) is 6.61 Å². The smallest absolute Gasteiger partial charge is 0.343 e. The van der Waals surface area contributed by atoms with E-state index in [2.05, 4.69) is 0 Å². The van der Waals surface area contributed by atoms with Crippen molar-refractivity contribution < 1.29 is 19.4 Å². The number of piperidine rings is 1. The monoisotopic (exact) mass is 473 g/mol. The van der Waals surface area contributed by atoms with E-state index in [0.29, 0.717) is 11.4 Å². The van der Waals surface area contributed by atoms with Gasteiger partial charge in [-0.25, -0.2) is 9.78 Å². The van der Waals surface area contributed by atoms with Crippen LogP contribution in [0.3, 0.4) is 0 Å². The Morgan fingerprint density at radius 2 is 1.94 bits per heavy atom. The van der Waals surface area contributed by atoms with Crippen LogP contribution < -0.4 is 5.56 Å². The second-order valence-electron chi connectivity index (χ2n) is 9.67. The topological polar surface area (TPSA) is 102 Å². The maximum absolute atomic E-state index is 13.9. The van der Waals surface area contributed by atoms with Gasteiger partial charge < -0.3 is 14.7 Å². The average molecular weight is 474 g/mol. The van der Waals surface area contributed by atoms with Crippen molar-refractivity contribution >= 4 is 22.8 Å². The van der Waals surface area contributed by atoms with Crippen molar-refractivity contribution in [3.63, 3.8) is 0 Å². The van der Waals surface area contributed by atoms with Crippen LogP contribution in [0.25, 0.3) is 22.3 Å². The zero-order chi connectivity index (χ0) is 24.3. The van der Waals surface area contributed by atoms with Crippen molar-refractivity contribution in [3.05, 3.63) is 63.4 Å². The molecule has 0 radical (unpaired) electrons. The highest BCUT2D eigenvalue weighted by molar-refractivity contribution is 5.87. The number of para-hydroxylation sites is 1. The number of hydrogen-bond acceptors (Lipinski definition) is 6. The van der Waals surface area contributed by atoms with E-state index in [1.807, 2.05) is 35.2 Å². The molecular weight excluding hydrogens is 446 g/mol. The summed E-state index contributed by atoms with van der Waals surface area (Å²) >= 11 is 0. The van der Waals surface area contributed by atoms with Crippen LogP contribution in [0.1, 0.15) is 61.8 Å². The maximum Gasteiger partial charge on any atom is 0.343 e. The van der Waals surface area contributed by atoms with Gasteiger partial charge in [-0.15, -0.1) is 0 Å². The highest BCUT2D eigenvalue weighted by atomic mass is 16.6. The summed E-state index contributed by atoms with van der Waals surface area (Å²) in [7, 11) is 0. The van der Waals surface area contributed by atoms with E-state index in [1.165, 1.54) is 0 Å². The van der Waals surface area contributed by atoms with Crippen LogP contribution in [0.15, 0.2) is 41.2 Å². The van der Waals surface area contributed by atoms with Crippen molar-refractivity contribution in [2.45, 2.75) is 57.3 Å². The van der Waals surface area contributed by atoms with Crippen molar-refractivity contribution in [2.24, 2.45) is 0 Å². The van der Waals surface area contributed by atoms with E-state index >= 15 is 0 Å². The SMILES string of the molecule is CC[C@@]1(O)C(=O)OCc2c1cc1n(c2=O)C(CC(=O)N2CCCCC2)c2cc3ccccc3nc2-1. The van der Waals surface area contributed by atoms with Crippen LogP contribution in [0.2, 0.25) is 0 Å². The number of benzene rings is 1. The minimum Gasteiger partial charge on any atom is -0.458 e. The Labute approximate surface area is 202 Å². The maximum atomic E-state index is 13.9. The van der Waals surface area contributed by atoms with Crippen LogP contribution >= 0.6 is 0 Å². The molecule has 1 saturated heterocycles. The molecule has 0 aliphatic carbocycles. The number of likely N-dealkylation sites (tertiary alicyclic amines) is 1. The molecule has 0 spiro atoms. The first-order valence-corrected chi connectivity index (χ1v) is 12.3. The Morgan fingerprint density at radius 3 is 2.71 bits per heavy atom. The fourth-order valence-corrected chi connectivity index (χ4v) is 5.74. The molecule has 1 N–H and O–H groups in total. The van der Waals surface area contributed by atoms with E-state index in [9.17, 15) is 19.5 Å². The van der Waals surface area contributed by atoms with Gasteiger partial charge in [0.25, 0.3) is 5.56 Å². The minimum absolute atomic E-state index is 0.0165. The number of aliphatic hydroxyl groups is 1. The number of esters is 1. The Balaban J connectivity index is 1.56. The first kappa shape index (κ1) is 22.0. The third kappa shape index (κ3) is 3.23. The molecule has 8 heteroatoms. The second-order valence-corrected chi connectivity index (χ2v) is 9.67. The highest BCUT2D eigenvalue weighted by Gasteiger charge is 2.46. The van der Waals surface area contributed by atoms with Gasteiger partial charge in [0.2, 0.25) is 5.91 Å². The molecular formula is C27H27N3O5. The lowest BCUT2D eigenvalue weighted by molar-refractivity contribution is -0.172. The highest BCUT2D eigenvalue weighted by Crippen LogP contribution is 2.44.